The zero-order valence-corrected chi connectivity index (χ0v) is 15.7. The predicted molar refractivity (Wildman–Crippen MR) is 99.9 cm³/mol. The molecule has 6 nitrogen and oxygen atoms in total. The minimum atomic E-state index is -1.30. The van der Waals surface area contributed by atoms with E-state index in [1.165, 1.54) is 6.92 Å². The van der Waals surface area contributed by atoms with E-state index in [0.29, 0.717) is 22.1 Å². The Bertz CT molecular complexity index is 804. The summed E-state index contributed by atoms with van der Waals surface area (Å²) in [6.45, 7) is 3.25. The molecule has 2 rings (SSSR count). The van der Waals surface area contributed by atoms with E-state index < -0.39 is 28.8 Å². The first kappa shape index (κ1) is 19.7. The second-order valence-electron chi connectivity index (χ2n) is 5.40. The molecule has 0 aromatic heterocycles. The molecule has 0 aliphatic rings. The lowest BCUT2D eigenvalue weighted by Crippen LogP contribution is -2.30. The summed E-state index contributed by atoms with van der Waals surface area (Å²) >= 11 is 0. The summed E-state index contributed by atoms with van der Waals surface area (Å²) in [4.78, 5) is 25.0. The van der Waals surface area contributed by atoms with Gasteiger partial charge in [-0.15, -0.1) is 0 Å². The molecule has 2 aromatic carbocycles. The number of hydrogen-bond acceptors (Lipinski definition) is 5. The standard InChI is InChI=1S/C19H21NO5S/c1-4-26(23)17-8-6-5-7-16(17)19(22)25-13(2)18(21)20-14-9-11-15(24-3)12-10-14/h5-13H,4H2,1-3H3,(H,20,21)/t13-,26+/m0/s1. The monoisotopic (exact) mass is 375 g/mol. The van der Waals surface area contributed by atoms with Gasteiger partial charge >= 0.3 is 5.97 Å². The first-order chi connectivity index (χ1) is 12.5. The molecule has 7 heteroatoms. The smallest absolute Gasteiger partial charge is 0.340 e. The summed E-state index contributed by atoms with van der Waals surface area (Å²) in [5, 5.41) is 2.67. The summed E-state index contributed by atoms with van der Waals surface area (Å²) < 4.78 is 22.4. The zero-order chi connectivity index (χ0) is 19.1. The first-order valence-corrected chi connectivity index (χ1v) is 9.41. The molecular weight excluding hydrogens is 354 g/mol. The molecule has 0 spiro atoms. The van der Waals surface area contributed by atoms with Crippen molar-refractivity contribution < 1.29 is 23.3 Å². The molecule has 0 unspecified atom stereocenters. The SMILES string of the molecule is CC[S@@](=O)c1ccccc1C(=O)O[C@@H](C)C(=O)Nc1ccc(OC)cc1. The minimum absolute atomic E-state index is 0.205. The Hall–Kier alpha value is -2.67. The van der Waals surface area contributed by atoms with Crippen molar-refractivity contribution in [1.29, 1.82) is 0 Å². The Morgan fingerprint density at radius 2 is 1.77 bits per heavy atom. The second-order valence-corrected chi connectivity index (χ2v) is 7.10. The van der Waals surface area contributed by atoms with E-state index >= 15 is 0 Å². The third-order valence-electron chi connectivity index (χ3n) is 3.63. The lowest BCUT2D eigenvalue weighted by atomic mass is 10.2. The van der Waals surface area contributed by atoms with E-state index in [1.54, 1.807) is 62.6 Å². The Balaban J connectivity index is 2.04. The van der Waals surface area contributed by atoms with Gasteiger partial charge in [0.15, 0.2) is 6.10 Å². The van der Waals surface area contributed by atoms with Crippen molar-refractivity contribution in [3.05, 3.63) is 54.1 Å². The summed E-state index contributed by atoms with van der Waals surface area (Å²) in [5.74, 6) is -0.0851. The van der Waals surface area contributed by atoms with Crippen molar-refractivity contribution in [3.63, 3.8) is 0 Å². The molecule has 2 atom stereocenters. The summed E-state index contributed by atoms with van der Waals surface area (Å²) in [6, 6.07) is 13.3. The van der Waals surface area contributed by atoms with Crippen LogP contribution in [-0.2, 0) is 20.3 Å². The van der Waals surface area contributed by atoms with Gasteiger partial charge in [0.25, 0.3) is 5.91 Å². The van der Waals surface area contributed by atoms with Crippen LogP contribution in [0, 0.1) is 0 Å². The van der Waals surface area contributed by atoms with Crippen molar-refractivity contribution in [2.45, 2.75) is 24.8 Å². The van der Waals surface area contributed by atoms with Crippen molar-refractivity contribution in [1.82, 2.24) is 0 Å². The number of esters is 1. The molecule has 0 radical (unpaired) electrons. The highest BCUT2D eigenvalue weighted by molar-refractivity contribution is 7.85. The maximum absolute atomic E-state index is 12.4. The van der Waals surface area contributed by atoms with E-state index in [0.717, 1.165) is 0 Å². The van der Waals surface area contributed by atoms with Crippen LogP contribution in [0.15, 0.2) is 53.4 Å². The fourth-order valence-electron chi connectivity index (χ4n) is 2.19. The molecule has 0 bridgehead atoms. The van der Waals surface area contributed by atoms with Crippen LogP contribution < -0.4 is 10.1 Å². The van der Waals surface area contributed by atoms with Crippen molar-refractivity contribution in [2.75, 3.05) is 18.2 Å². The van der Waals surface area contributed by atoms with E-state index in [9.17, 15) is 13.8 Å². The normalized spacial score (nSPS) is 12.7. The topological polar surface area (TPSA) is 81.7 Å². The maximum atomic E-state index is 12.4. The van der Waals surface area contributed by atoms with E-state index in [2.05, 4.69) is 5.32 Å². The number of carbonyl (C=O) groups excluding carboxylic acids is 2. The number of ether oxygens (including phenoxy) is 2. The molecule has 26 heavy (non-hydrogen) atoms. The fourth-order valence-corrected chi connectivity index (χ4v) is 3.12. The molecule has 0 fully saturated rings. The van der Waals surface area contributed by atoms with Crippen LogP contribution in [-0.4, -0.2) is 35.1 Å². The van der Waals surface area contributed by atoms with Crippen LogP contribution in [0.25, 0.3) is 0 Å². The summed E-state index contributed by atoms with van der Waals surface area (Å²) in [5.41, 5.74) is 0.767. The number of methoxy groups -OCH3 is 1. The number of benzene rings is 2. The van der Waals surface area contributed by atoms with Crippen LogP contribution in [0.3, 0.4) is 0 Å². The lowest BCUT2D eigenvalue weighted by Gasteiger charge is -2.15. The van der Waals surface area contributed by atoms with Crippen LogP contribution in [0.5, 0.6) is 5.75 Å². The number of amides is 1. The molecule has 1 amide bonds. The average Bonchev–Trinajstić information content (AvgIpc) is 2.67. The number of rotatable bonds is 7. The Morgan fingerprint density at radius 3 is 2.38 bits per heavy atom. The van der Waals surface area contributed by atoms with Gasteiger partial charge in [-0.1, -0.05) is 19.1 Å². The fraction of sp³-hybridized carbons (Fsp3) is 0.263. The van der Waals surface area contributed by atoms with Crippen molar-refractivity contribution >= 4 is 28.4 Å². The highest BCUT2D eigenvalue weighted by Gasteiger charge is 2.22. The van der Waals surface area contributed by atoms with Crippen molar-refractivity contribution in [2.24, 2.45) is 0 Å². The Labute approximate surface area is 155 Å². The number of nitrogens with one attached hydrogen (secondary N) is 1. The number of hydrogen-bond donors (Lipinski definition) is 1. The summed E-state index contributed by atoms with van der Waals surface area (Å²) in [7, 11) is 0.258. The van der Waals surface area contributed by atoms with Crippen molar-refractivity contribution in [3.8, 4) is 5.75 Å². The second kappa shape index (κ2) is 9.15. The first-order valence-electron chi connectivity index (χ1n) is 8.09. The average molecular weight is 375 g/mol. The highest BCUT2D eigenvalue weighted by Crippen LogP contribution is 2.17. The van der Waals surface area contributed by atoms with Gasteiger partial charge in [0.05, 0.1) is 28.4 Å². The van der Waals surface area contributed by atoms with Gasteiger partial charge in [-0.2, -0.15) is 0 Å². The molecule has 2 aromatic rings. The van der Waals surface area contributed by atoms with Gasteiger partial charge in [-0.05, 0) is 43.3 Å². The largest absolute Gasteiger partial charge is 0.497 e. The lowest BCUT2D eigenvalue weighted by molar-refractivity contribution is -0.123. The predicted octanol–water partition coefficient (Wildman–Crippen LogP) is 3.01. The number of anilines is 1. The Morgan fingerprint density at radius 1 is 1.12 bits per heavy atom. The molecular formula is C19H21NO5S. The van der Waals surface area contributed by atoms with Gasteiger partial charge in [0.1, 0.15) is 5.75 Å². The maximum Gasteiger partial charge on any atom is 0.340 e. The molecule has 1 N–H and O–H groups in total. The van der Waals surface area contributed by atoms with Crippen LogP contribution in [0.2, 0.25) is 0 Å². The third kappa shape index (κ3) is 4.92. The Kier molecular flexibility index (Phi) is 6.91. The zero-order valence-electron chi connectivity index (χ0n) is 14.9. The van der Waals surface area contributed by atoms with Gasteiger partial charge in [-0.25, -0.2) is 4.79 Å². The highest BCUT2D eigenvalue weighted by atomic mass is 32.2. The molecule has 0 heterocycles. The van der Waals surface area contributed by atoms with E-state index in [1.807, 2.05) is 0 Å². The van der Waals surface area contributed by atoms with Gasteiger partial charge in [0, 0.05) is 11.4 Å². The quantitative estimate of drug-likeness (QED) is 0.753. The molecule has 0 aliphatic heterocycles. The minimum Gasteiger partial charge on any atom is -0.497 e. The van der Waals surface area contributed by atoms with Crippen LogP contribution in [0.1, 0.15) is 24.2 Å². The third-order valence-corrected chi connectivity index (χ3v) is 5.00. The van der Waals surface area contributed by atoms with Gasteiger partial charge in [0.2, 0.25) is 0 Å². The summed E-state index contributed by atoms with van der Waals surface area (Å²) in [6.07, 6.45) is -1.01. The molecule has 0 saturated heterocycles. The van der Waals surface area contributed by atoms with Crippen LogP contribution >= 0.6 is 0 Å². The van der Waals surface area contributed by atoms with E-state index in [-0.39, 0.29) is 5.56 Å². The number of carbonyl (C=O) groups is 2. The molecule has 0 aliphatic carbocycles. The molecule has 138 valence electrons. The van der Waals surface area contributed by atoms with Gasteiger partial charge in [-0.3, -0.25) is 9.00 Å². The van der Waals surface area contributed by atoms with E-state index in [4.69, 9.17) is 9.47 Å². The van der Waals surface area contributed by atoms with Crippen LogP contribution in [0.4, 0.5) is 5.69 Å². The molecule has 0 saturated carbocycles. The van der Waals surface area contributed by atoms with Gasteiger partial charge < -0.3 is 14.8 Å².